The zero-order valence-corrected chi connectivity index (χ0v) is 40.1. The van der Waals surface area contributed by atoms with Crippen molar-refractivity contribution in [2.24, 2.45) is 0 Å². The summed E-state index contributed by atoms with van der Waals surface area (Å²) in [5, 5.41) is 4.95. The second-order valence-corrected chi connectivity index (χ2v) is 19.2. The van der Waals surface area contributed by atoms with E-state index >= 15 is 0 Å². The first-order valence-electron chi connectivity index (χ1n) is 25.2. The summed E-state index contributed by atoms with van der Waals surface area (Å²) in [5.41, 5.74) is 21.0. The Labute approximate surface area is 426 Å². The van der Waals surface area contributed by atoms with E-state index in [0.29, 0.717) is 0 Å². The average Bonchev–Trinajstić information content (AvgIpc) is 3.98. The summed E-state index contributed by atoms with van der Waals surface area (Å²) in [4.78, 5) is 2.44. The molecule has 0 aliphatic heterocycles. The molecule has 1 heterocycles. The van der Waals surface area contributed by atoms with E-state index in [4.69, 9.17) is 0 Å². The summed E-state index contributed by atoms with van der Waals surface area (Å²) in [6.45, 7) is 0. The molecule has 0 amide bonds. The van der Waals surface area contributed by atoms with Gasteiger partial charge in [0.15, 0.2) is 0 Å². The summed E-state index contributed by atoms with van der Waals surface area (Å²) >= 11 is 0. The van der Waals surface area contributed by atoms with Crippen LogP contribution in [0.1, 0.15) is 22.3 Å². The minimum absolute atomic E-state index is 0.529. The van der Waals surface area contributed by atoms with E-state index in [1.165, 1.54) is 88.2 Å². The van der Waals surface area contributed by atoms with Gasteiger partial charge in [-0.2, -0.15) is 0 Å². The van der Waals surface area contributed by atoms with Crippen molar-refractivity contribution in [3.8, 4) is 50.2 Å². The first-order chi connectivity index (χ1) is 36.2. The van der Waals surface area contributed by atoms with Crippen molar-refractivity contribution in [3.63, 3.8) is 0 Å². The summed E-state index contributed by atoms with van der Waals surface area (Å²) in [5.74, 6) is 0. The van der Waals surface area contributed by atoms with Gasteiger partial charge < -0.3 is 9.47 Å². The number of para-hydroxylation sites is 1. The van der Waals surface area contributed by atoms with Crippen LogP contribution in [0.4, 0.5) is 17.1 Å². The maximum Gasteiger partial charge on any atom is 0.0714 e. The number of hydrogen-bond acceptors (Lipinski definition) is 1. The fourth-order valence-corrected chi connectivity index (χ4v) is 11.9. The van der Waals surface area contributed by atoms with E-state index < -0.39 is 5.41 Å². The Balaban J connectivity index is 0.913. The topological polar surface area (TPSA) is 8.17 Å². The zero-order chi connectivity index (χ0) is 48.3. The maximum absolute atomic E-state index is 2.46. The van der Waals surface area contributed by atoms with Gasteiger partial charge in [0.05, 0.1) is 16.4 Å². The van der Waals surface area contributed by atoms with Gasteiger partial charge in [-0.15, -0.1) is 0 Å². The molecule has 13 aromatic rings. The third-order valence-corrected chi connectivity index (χ3v) is 15.3. The molecule has 0 bridgehead atoms. The van der Waals surface area contributed by atoms with Gasteiger partial charge in [0.1, 0.15) is 0 Å². The molecule has 0 spiro atoms. The first-order valence-corrected chi connectivity index (χ1v) is 25.2. The molecule has 1 aliphatic carbocycles. The molecule has 12 aromatic carbocycles. The van der Waals surface area contributed by atoms with Gasteiger partial charge in [0.2, 0.25) is 0 Å². The fourth-order valence-electron chi connectivity index (χ4n) is 11.9. The predicted octanol–water partition coefficient (Wildman–Crippen LogP) is 18.8. The highest BCUT2D eigenvalue weighted by Gasteiger charge is 2.46. The quantitative estimate of drug-likeness (QED) is 0.140. The lowest BCUT2D eigenvalue weighted by atomic mass is 9.67. The number of anilines is 3. The van der Waals surface area contributed by atoms with Crippen LogP contribution in [0, 0.1) is 0 Å². The zero-order valence-electron chi connectivity index (χ0n) is 40.1. The third kappa shape index (κ3) is 7.02. The highest BCUT2D eigenvalue weighted by molar-refractivity contribution is 6.11. The normalized spacial score (nSPS) is 12.5. The van der Waals surface area contributed by atoms with Crippen molar-refractivity contribution in [2.75, 3.05) is 4.90 Å². The van der Waals surface area contributed by atoms with Crippen molar-refractivity contribution in [1.82, 2.24) is 4.57 Å². The minimum Gasteiger partial charge on any atom is -0.310 e. The Bertz CT molecular complexity index is 4130. The fraction of sp³-hybridized carbons (Fsp3) is 0.0141. The van der Waals surface area contributed by atoms with Crippen molar-refractivity contribution in [2.45, 2.75) is 5.41 Å². The molecule has 1 aromatic heterocycles. The summed E-state index contributed by atoms with van der Waals surface area (Å²) in [6.07, 6.45) is 0. The van der Waals surface area contributed by atoms with E-state index in [0.717, 1.165) is 33.9 Å². The molecule has 0 N–H and O–H groups in total. The minimum atomic E-state index is -0.529. The van der Waals surface area contributed by atoms with E-state index in [1.807, 2.05) is 0 Å². The smallest absolute Gasteiger partial charge is 0.0714 e. The largest absolute Gasteiger partial charge is 0.310 e. The lowest BCUT2D eigenvalue weighted by Gasteiger charge is -2.35. The van der Waals surface area contributed by atoms with Crippen LogP contribution in [0.3, 0.4) is 0 Å². The molecule has 342 valence electrons. The van der Waals surface area contributed by atoms with E-state index in [1.54, 1.807) is 0 Å². The van der Waals surface area contributed by atoms with Gasteiger partial charge in [-0.05, 0) is 144 Å². The molecule has 0 saturated carbocycles. The Hall–Kier alpha value is -9.50. The van der Waals surface area contributed by atoms with Crippen molar-refractivity contribution in [1.29, 1.82) is 0 Å². The Kier molecular flexibility index (Phi) is 10.1. The van der Waals surface area contributed by atoms with Crippen LogP contribution in [0.25, 0.3) is 82.8 Å². The lowest BCUT2D eigenvalue weighted by Crippen LogP contribution is -2.28. The number of benzene rings is 12. The third-order valence-electron chi connectivity index (χ3n) is 15.3. The van der Waals surface area contributed by atoms with E-state index in [-0.39, 0.29) is 0 Å². The van der Waals surface area contributed by atoms with Gasteiger partial charge >= 0.3 is 0 Å². The highest BCUT2D eigenvalue weighted by Crippen LogP contribution is 2.57. The van der Waals surface area contributed by atoms with E-state index in [9.17, 15) is 0 Å². The number of rotatable bonds is 9. The number of hydrogen-bond donors (Lipinski definition) is 0. The number of nitrogens with zero attached hydrogens (tertiary/aromatic N) is 2. The summed E-state index contributed by atoms with van der Waals surface area (Å²) in [6, 6.07) is 107. The van der Waals surface area contributed by atoms with Gasteiger partial charge in [-0.25, -0.2) is 0 Å². The van der Waals surface area contributed by atoms with Crippen LogP contribution in [0.15, 0.2) is 291 Å². The number of fused-ring (bicyclic) bond motifs is 7. The summed E-state index contributed by atoms with van der Waals surface area (Å²) in [7, 11) is 0. The van der Waals surface area contributed by atoms with Gasteiger partial charge in [0, 0.05) is 33.5 Å². The Morgan fingerprint density at radius 3 is 1.55 bits per heavy atom. The monoisotopic (exact) mass is 928 g/mol. The predicted molar refractivity (Wildman–Crippen MR) is 307 cm³/mol. The van der Waals surface area contributed by atoms with Gasteiger partial charge in [-0.1, -0.05) is 224 Å². The highest BCUT2D eigenvalue weighted by atomic mass is 15.1. The van der Waals surface area contributed by atoms with Crippen molar-refractivity contribution < 1.29 is 0 Å². The molecule has 73 heavy (non-hydrogen) atoms. The first kappa shape index (κ1) is 42.4. The second kappa shape index (κ2) is 17.4. The standard InChI is InChI=1S/C71H48N2/c1-4-17-49(18-5-1)51-31-33-52(34-32-51)55-21-16-26-60(45-55)72(62-42-43-64-63-27-12-14-29-67(63)71(68(64)48-62,57-22-6-2-7-23-57)58-24-8-3-9-25-58)59-39-35-53(36-40-59)56-38-44-70-66(47-56)65-28-13-15-30-69(65)73(70)61-41-37-50-19-10-11-20-54(50)46-61/h1-48H. The Morgan fingerprint density at radius 1 is 0.274 bits per heavy atom. The molecule has 0 unspecified atom stereocenters. The lowest BCUT2D eigenvalue weighted by molar-refractivity contribution is 0.768. The molecule has 0 radical (unpaired) electrons. The average molecular weight is 929 g/mol. The van der Waals surface area contributed by atoms with Crippen LogP contribution in [0.5, 0.6) is 0 Å². The molecule has 0 fully saturated rings. The maximum atomic E-state index is 2.46. The second-order valence-electron chi connectivity index (χ2n) is 19.2. The molecular weight excluding hydrogens is 881 g/mol. The SMILES string of the molecule is c1ccc(-c2ccc(-c3cccc(N(c4ccc(-c5ccc6c(c5)c5ccccc5n6-c5ccc6ccccc6c5)cc4)c4ccc5c(c4)C(c4ccccc4)(c4ccccc4)c4ccccc4-5)c3)cc2)cc1. The van der Waals surface area contributed by atoms with Gasteiger partial charge in [-0.3, -0.25) is 0 Å². The molecule has 1 aliphatic rings. The van der Waals surface area contributed by atoms with Crippen molar-refractivity contribution >= 4 is 49.6 Å². The van der Waals surface area contributed by atoms with Gasteiger partial charge in [0.25, 0.3) is 0 Å². The molecule has 2 nitrogen and oxygen atoms in total. The van der Waals surface area contributed by atoms with E-state index in [2.05, 4.69) is 301 Å². The molecule has 0 saturated heterocycles. The van der Waals surface area contributed by atoms with Crippen molar-refractivity contribution in [3.05, 3.63) is 313 Å². The van der Waals surface area contributed by atoms with Crippen LogP contribution >= 0.6 is 0 Å². The molecule has 14 rings (SSSR count). The van der Waals surface area contributed by atoms with Crippen LogP contribution in [-0.2, 0) is 5.41 Å². The van der Waals surface area contributed by atoms with Crippen LogP contribution in [-0.4, -0.2) is 4.57 Å². The summed E-state index contributed by atoms with van der Waals surface area (Å²) < 4.78 is 2.41. The molecule has 2 heteroatoms. The Morgan fingerprint density at radius 2 is 0.795 bits per heavy atom. The van der Waals surface area contributed by atoms with Crippen LogP contribution in [0.2, 0.25) is 0 Å². The number of aromatic nitrogens is 1. The molecular formula is C71H48N2. The molecule has 0 atom stereocenters. The van der Waals surface area contributed by atoms with Crippen LogP contribution < -0.4 is 4.90 Å².